The Morgan fingerprint density at radius 1 is 0.920 bits per heavy atom. The van der Waals surface area contributed by atoms with Crippen molar-refractivity contribution in [2.45, 2.75) is 38.6 Å². The van der Waals surface area contributed by atoms with Crippen LogP contribution in [0.15, 0.2) is 60.7 Å². The lowest BCUT2D eigenvalue weighted by Crippen LogP contribution is -2.34. The first-order chi connectivity index (χ1) is 12.2. The highest BCUT2D eigenvalue weighted by atomic mass is 16.2. The number of amides is 2. The Labute approximate surface area is 149 Å². The molecule has 2 aromatic rings. The van der Waals surface area contributed by atoms with E-state index < -0.39 is 0 Å². The monoisotopic (exact) mass is 338 g/mol. The summed E-state index contributed by atoms with van der Waals surface area (Å²) in [4.78, 5) is 24.3. The molecule has 0 aliphatic carbocycles. The minimum atomic E-state index is -0.294. The minimum absolute atomic E-state index is 0.0200. The molecule has 0 spiro atoms. The normalized spacial score (nSPS) is 11.6. The summed E-state index contributed by atoms with van der Waals surface area (Å²) in [7, 11) is 0. The van der Waals surface area contributed by atoms with Crippen molar-refractivity contribution in [2.24, 2.45) is 0 Å². The van der Waals surface area contributed by atoms with Gasteiger partial charge in [0.05, 0.1) is 12.5 Å². The Kier molecular flexibility index (Phi) is 7.70. The average molecular weight is 338 g/mol. The minimum Gasteiger partial charge on any atom is -0.356 e. The Morgan fingerprint density at radius 2 is 1.56 bits per heavy atom. The molecule has 2 aromatic carbocycles. The quantitative estimate of drug-likeness (QED) is 0.736. The molecule has 4 heteroatoms. The summed E-state index contributed by atoms with van der Waals surface area (Å²) in [5.41, 5.74) is 2.14. The maximum absolute atomic E-state index is 12.3. The third-order valence-electron chi connectivity index (χ3n) is 3.98. The SMILES string of the molecule is CCCC(=O)NC(CC(=O)NCCc1ccccc1)c1ccccc1. The second-order valence-electron chi connectivity index (χ2n) is 6.07. The van der Waals surface area contributed by atoms with Crippen LogP contribution in [0.1, 0.15) is 43.4 Å². The summed E-state index contributed by atoms with van der Waals surface area (Å²) < 4.78 is 0. The maximum Gasteiger partial charge on any atom is 0.222 e. The van der Waals surface area contributed by atoms with E-state index in [0.29, 0.717) is 13.0 Å². The molecule has 25 heavy (non-hydrogen) atoms. The van der Waals surface area contributed by atoms with Crippen LogP contribution < -0.4 is 10.6 Å². The molecule has 0 saturated heterocycles. The zero-order chi connectivity index (χ0) is 17.9. The van der Waals surface area contributed by atoms with Crippen LogP contribution >= 0.6 is 0 Å². The van der Waals surface area contributed by atoms with Gasteiger partial charge < -0.3 is 10.6 Å². The number of hydrogen-bond acceptors (Lipinski definition) is 2. The molecule has 132 valence electrons. The van der Waals surface area contributed by atoms with Crippen LogP contribution in [-0.4, -0.2) is 18.4 Å². The van der Waals surface area contributed by atoms with Gasteiger partial charge in [0.1, 0.15) is 0 Å². The lowest BCUT2D eigenvalue weighted by Gasteiger charge is -2.19. The van der Waals surface area contributed by atoms with Crippen molar-refractivity contribution in [2.75, 3.05) is 6.54 Å². The van der Waals surface area contributed by atoms with Crippen LogP contribution in [-0.2, 0) is 16.0 Å². The third-order valence-corrected chi connectivity index (χ3v) is 3.98. The second-order valence-corrected chi connectivity index (χ2v) is 6.07. The van der Waals surface area contributed by atoms with Crippen LogP contribution in [0.3, 0.4) is 0 Å². The molecule has 0 aliphatic heterocycles. The predicted molar refractivity (Wildman–Crippen MR) is 100 cm³/mol. The molecule has 0 fully saturated rings. The average Bonchev–Trinajstić information content (AvgIpc) is 2.63. The van der Waals surface area contributed by atoms with Gasteiger partial charge in [-0.3, -0.25) is 9.59 Å². The van der Waals surface area contributed by atoms with Crippen molar-refractivity contribution >= 4 is 11.8 Å². The van der Waals surface area contributed by atoms with E-state index in [1.807, 2.05) is 67.6 Å². The summed E-state index contributed by atoms with van der Waals surface area (Å²) in [6.07, 6.45) is 2.30. The number of benzene rings is 2. The van der Waals surface area contributed by atoms with Crippen molar-refractivity contribution in [1.82, 2.24) is 10.6 Å². The van der Waals surface area contributed by atoms with Crippen LogP contribution in [0, 0.1) is 0 Å². The van der Waals surface area contributed by atoms with E-state index in [-0.39, 0.29) is 24.3 Å². The second kappa shape index (κ2) is 10.3. The van der Waals surface area contributed by atoms with Gasteiger partial charge in [-0.2, -0.15) is 0 Å². The summed E-state index contributed by atoms with van der Waals surface area (Å²) in [5, 5.41) is 5.92. The Balaban J connectivity index is 1.89. The van der Waals surface area contributed by atoms with Crippen LogP contribution in [0.25, 0.3) is 0 Å². The van der Waals surface area contributed by atoms with Gasteiger partial charge in [-0.25, -0.2) is 0 Å². The molecule has 0 bridgehead atoms. The van der Waals surface area contributed by atoms with Gasteiger partial charge >= 0.3 is 0 Å². The lowest BCUT2D eigenvalue weighted by molar-refractivity contribution is -0.123. The van der Waals surface area contributed by atoms with Gasteiger partial charge in [0.25, 0.3) is 0 Å². The highest BCUT2D eigenvalue weighted by Gasteiger charge is 2.17. The molecule has 1 unspecified atom stereocenters. The molecule has 0 radical (unpaired) electrons. The smallest absolute Gasteiger partial charge is 0.222 e. The van der Waals surface area contributed by atoms with Crippen LogP contribution in [0.4, 0.5) is 0 Å². The fourth-order valence-electron chi connectivity index (χ4n) is 2.68. The van der Waals surface area contributed by atoms with Gasteiger partial charge in [-0.15, -0.1) is 0 Å². The van der Waals surface area contributed by atoms with Crippen LogP contribution in [0.2, 0.25) is 0 Å². The van der Waals surface area contributed by atoms with Gasteiger partial charge in [0.2, 0.25) is 11.8 Å². The van der Waals surface area contributed by atoms with Crippen molar-refractivity contribution in [3.8, 4) is 0 Å². The van der Waals surface area contributed by atoms with Gasteiger partial charge in [-0.05, 0) is 24.0 Å². The van der Waals surface area contributed by atoms with E-state index >= 15 is 0 Å². The fourth-order valence-corrected chi connectivity index (χ4v) is 2.68. The van der Waals surface area contributed by atoms with E-state index in [4.69, 9.17) is 0 Å². The molecule has 2 amide bonds. The predicted octanol–water partition coefficient (Wildman–Crippen LogP) is 3.39. The zero-order valence-electron chi connectivity index (χ0n) is 14.7. The number of hydrogen-bond donors (Lipinski definition) is 2. The molecule has 2 N–H and O–H groups in total. The molecule has 1 atom stereocenters. The number of nitrogens with one attached hydrogen (secondary N) is 2. The molecule has 0 aromatic heterocycles. The number of carbonyl (C=O) groups is 2. The van der Waals surface area contributed by atoms with E-state index in [0.717, 1.165) is 18.4 Å². The van der Waals surface area contributed by atoms with Crippen molar-refractivity contribution in [1.29, 1.82) is 0 Å². The Bertz CT molecular complexity index is 656. The molecule has 0 aliphatic rings. The largest absolute Gasteiger partial charge is 0.356 e. The highest BCUT2D eigenvalue weighted by molar-refractivity contribution is 5.80. The van der Waals surface area contributed by atoms with Gasteiger partial charge in [0.15, 0.2) is 0 Å². The topological polar surface area (TPSA) is 58.2 Å². The summed E-state index contributed by atoms with van der Waals surface area (Å²) >= 11 is 0. The summed E-state index contributed by atoms with van der Waals surface area (Å²) in [6.45, 7) is 2.56. The Morgan fingerprint density at radius 3 is 2.20 bits per heavy atom. The Hall–Kier alpha value is -2.62. The first-order valence-corrected chi connectivity index (χ1v) is 8.84. The van der Waals surface area contributed by atoms with Gasteiger partial charge in [-0.1, -0.05) is 67.6 Å². The first kappa shape index (κ1) is 18.7. The first-order valence-electron chi connectivity index (χ1n) is 8.84. The molecule has 2 rings (SSSR count). The summed E-state index contributed by atoms with van der Waals surface area (Å²) in [6, 6.07) is 19.4. The van der Waals surface area contributed by atoms with E-state index in [1.165, 1.54) is 5.56 Å². The summed E-state index contributed by atoms with van der Waals surface area (Å²) in [5.74, 6) is -0.0741. The van der Waals surface area contributed by atoms with Gasteiger partial charge in [0, 0.05) is 13.0 Å². The van der Waals surface area contributed by atoms with Crippen molar-refractivity contribution < 1.29 is 9.59 Å². The van der Waals surface area contributed by atoms with E-state index in [2.05, 4.69) is 10.6 Å². The third kappa shape index (κ3) is 6.79. The maximum atomic E-state index is 12.3. The van der Waals surface area contributed by atoms with Crippen LogP contribution in [0.5, 0.6) is 0 Å². The van der Waals surface area contributed by atoms with Crippen molar-refractivity contribution in [3.05, 3.63) is 71.8 Å². The molecular weight excluding hydrogens is 312 g/mol. The zero-order valence-corrected chi connectivity index (χ0v) is 14.7. The van der Waals surface area contributed by atoms with E-state index in [1.54, 1.807) is 0 Å². The standard InChI is InChI=1S/C21H26N2O2/c1-2-9-20(24)23-19(18-12-7-4-8-13-18)16-21(25)22-15-14-17-10-5-3-6-11-17/h3-8,10-13,19H,2,9,14-16H2,1H3,(H,22,25)(H,23,24). The number of rotatable bonds is 9. The highest BCUT2D eigenvalue weighted by Crippen LogP contribution is 2.17. The molecule has 0 heterocycles. The molecule has 0 saturated carbocycles. The molecule has 4 nitrogen and oxygen atoms in total. The molecular formula is C21H26N2O2. The fraction of sp³-hybridized carbons (Fsp3) is 0.333. The number of carbonyl (C=O) groups excluding carboxylic acids is 2. The lowest BCUT2D eigenvalue weighted by atomic mass is 10.0. The van der Waals surface area contributed by atoms with Crippen molar-refractivity contribution in [3.63, 3.8) is 0 Å². The van der Waals surface area contributed by atoms with E-state index in [9.17, 15) is 9.59 Å².